The Labute approximate surface area is 134 Å². The van der Waals surface area contributed by atoms with Crippen molar-refractivity contribution in [2.45, 2.75) is 19.9 Å². The molecule has 23 heavy (non-hydrogen) atoms. The van der Waals surface area contributed by atoms with E-state index in [0.29, 0.717) is 0 Å². The van der Waals surface area contributed by atoms with Crippen LogP contribution in [-0.4, -0.2) is 10.8 Å². The molecule has 0 heterocycles. The van der Waals surface area contributed by atoms with E-state index in [-0.39, 0.29) is 17.6 Å². The number of nitrogens with one attached hydrogen (secondary N) is 1. The van der Waals surface area contributed by atoms with Gasteiger partial charge in [0, 0.05) is 18.2 Å². The maximum atomic E-state index is 12.0. The third-order valence-electron chi connectivity index (χ3n) is 3.54. The summed E-state index contributed by atoms with van der Waals surface area (Å²) >= 11 is 0. The summed E-state index contributed by atoms with van der Waals surface area (Å²) in [5.41, 5.74) is 2.96. The quantitative estimate of drug-likeness (QED) is 0.519. The Balaban J connectivity index is 1.99. The number of benzene rings is 2. The van der Waals surface area contributed by atoms with Crippen LogP contribution in [0.2, 0.25) is 0 Å². The van der Waals surface area contributed by atoms with Crippen molar-refractivity contribution in [1.82, 2.24) is 5.32 Å². The molecule has 1 N–H and O–H groups in total. The summed E-state index contributed by atoms with van der Waals surface area (Å²) in [6, 6.07) is 13.8. The minimum Gasteiger partial charge on any atom is -0.346 e. The van der Waals surface area contributed by atoms with Gasteiger partial charge < -0.3 is 5.32 Å². The molecule has 0 fully saturated rings. The maximum absolute atomic E-state index is 12.0. The molecule has 2 aromatic rings. The normalized spacial score (nSPS) is 12.1. The van der Waals surface area contributed by atoms with Crippen LogP contribution in [0, 0.1) is 17.0 Å². The summed E-state index contributed by atoms with van der Waals surface area (Å²) in [5, 5.41) is 13.5. The Morgan fingerprint density at radius 1 is 1.17 bits per heavy atom. The lowest BCUT2D eigenvalue weighted by molar-refractivity contribution is -0.384. The van der Waals surface area contributed by atoms with Crippen LogP contribution in [-0.2, 0) is 4.79 Å². The first-order valence-electron chi connectivity index (χ1n) is 7.26. The first kappa shape index (κ1) is 16.4. The monoisotopic (exact) mass is 310 g/mol. The van der Waals surface area contributed by atoms with Crippen molar-refractivity contribution in [2.24, 2.45) is 0 Å². The number of nitro groups is 1. The number of carbonyl (C=O) groups excluding carboxylic acids is 1. The Bertz CT molecular complexity index is 736. The van der Waals surface area contributed by atoms with E-state index in [9.17, 15) is 14.9 Å². The lowest BCUT2D eigenvalue weighted by Gasteiger charge is -2.15. The molecule has 0 aliphatic heterocycles. The second kappa shape index (κ2) is 7.35. The van der Waals surface area contributed by atoms with Gasteiger partial charge >= 0.3 is 0 Å². The molecule has 118 valence electrons. The van der Waals surface area contributed by atoms with E-state index in [1.54, 1.807) is 18.2 Å². The minimum atomic E-state index is -0.454. The lowest BCUT2D eigenvalue weighted by atomic mass is 10.0. The van der Waals surface area contributed by atoms with E-state index in [4.69, 9.17) is 0 Å². The van der Waals surface area contributed by atoms with Gasteiger partial charge in [0.2, 0.25) is 5.91 Å². The van der Waals surface area contributed by atoms with Gasteiger partial charge in [-0.15, -0.1) is 0 Å². The third kappa shape index (κ3) is 4.51. The molecule has 1 amide bonds. The van der Waals surface area contributed by atoms with E-state index in [2.05, 4.69) is 5.32 Å². The summed E-state index contributed by atoms with van der Waals surface area (Å²) in [6.07, 6.45) is 3.06. The van der Waals surface area contributed by atoms with Crippen LogP contribution in [0.15, 0.2) is 54.6 Å². The van der Waals surface area contributed by atoms with Crippen LogP contribution < -0.4 is 5.32 Å². The maximum Gasteiger partial charge on any atom is 0.269 e. The van der Waals surface area contributed by atoms with Crippen LogP contribution in [0.25, 0.3) is 6.08 Å². The lowest BCUT2D eigenvalue weighted by Crippen LogP contribution is -2.25. The summed E-state index contributed by atoms with van der Waals surface area (Å²) in [7, 11) is 0. The molecule has 5 nitrogen and oxygen atoms in total. The molecule has 0 aliphatic rings. The molecule has 0 bridgehead atoms. The van der Waals surface area contributed by atoms with Gasteiger partial charge in [-0.25, -0.2) is 0 Å². The highest BCUT2D eigenvalue weighted by molar-refractivity contribution is 5.92. The van der Waals surface area contributed by atoms with Crippen molar-refractivity contribution in [3.63, 3.8) is 0 Å². The second-order valence-corrected chi connectivity index (χ2v) is 5.27. The number of non-ortho nitro benzene ring substituents is 1. The number of rotatable bonds is 5. The largest absolute Gasteiger partial charge is 0.346 e. The fraction of sp³-hybridized carbons (Fsp3) is 0.167. The SMILES string of the molecule is Cc1ccccc1C(C)NC(=O)/C=C/c1ccc([N+](=O)[O-])cc1. The van der Waals surface area contributed by atoms with E-state index in [1.807, 2.05) is 38.1 Å². The smallest absolute Gasteiger partial charge is 0.269 e. The zero-order valence-electron chi connectivity index (χ0n) is 13.0. The molecule has 0 radical (unpaired) electrons. The fourth-order valence-electron chi connectivity index (χ4n) is 2.29. The average Bonchev–Trinajstić information content (AvgIpc) is 2.53. The predicted molar refractivity (Wildman–Crippen MR) is 89.9 cm³/mol. The highest BCUT2D eigenvalue weighted by atomic mass is 16.6. The highest BCUT2D eigenvalue weighted by Crippen LogP contribution is 2.17. The molecule has 2 aromatic carbocycles. The fourth-order valence-corrected chi connectivity index (χ4v) is 2.29. The molecule has 0 aliphatic carbocycles. The minimum absolute atomic E-state index is 0.0276. The van der Waals surface area contributed by atoms with Gasteiger partial charge in [0.1, 0.15) is 0 Å². The van der Waals surface area contributed by atoms with E-state index in [1.165, 1.54) is 18.2 Å². The van der Waals surface area contributed by atoms with Crippen molar-refractivity contribution in [1.29, 1.82) is 0 Å². The van der Waals surface area contributed by atoms with Gasteiger partial charge in [-0.3, -0.25) is 14.9 Å². The molecule has 1 atom stereocenters. The van der Waals surface area contributed by atoms with Gasteiger partial charge in [0.05, 0.1) is 11.0 Å². The molecule has 5 heteroatoms. The Morgan fingerprint density at radius 2 is 1.83 bits per heavy atom. The topological polar surface area (TPSA) is 72.2 Å². The summed E-state index contributed by atoms with van der Waals surface area (Å²) in [6.45, 7) is 3.94. The highest BCUT2D eigenvalue weighted by Gasteiger charge is 2.09. The first-order chi connectivity index (χ1) is 11.0. The van der Waals surface area contributed by atoms with Crippen LogP contribution in [0.5, 0.6) is 0 Å². The number of amides is 1. The second-order valence-electron chi connectivity index (χ2n) is 5.27. The molecule has 0 saturated carbocycles. The average molecular weight is 310 g/mol. The summed E-state index contributed by atoms with van der Waals surface area (Å²) in [4.78, 5) is 22.1. The molecular formula is C18H18N2O3. The number of nitrogens with zero attached hydrogens (tertiary/aromatic N) is 1. The molecular weight excluding hydrogens is 292 g/mol. The van der Waals surface area contributed by atoms with Gasteiger partial charge in [-0.05, 0) is 48.7 Å². The number of nitro benzene ring substituents is 1. The standard InChI is InChI=1S/C18H18N2O3/c1-13-5-3-4-6-17(13)14(2)19-18(21)12-9-15-7-10-16(11-8-15)20(22)23/h3-12,14H,1-2H3,(H,19,21)/b12-9+. The molecule has 1 unspecified atom stereocenters. The van der Waals surface area contributed by atoms with Crippen LogP contribution >= 0.6 is 0 Å². The van der Waals surface area contributed by atoms with Gasteiger partial charge in [0.15, 0.2) is 0 Å². The Hall–Kier alpha value is -2.95. The van der Waals surface area contributed by atoms with Gasteiger partial charge in [-0.2, -0.15) is 0 Å². The van der Waals surface area contributed by atoms with Gasteiger partial charge in [-0.1, -0.05) is 24.3 Å². The number of hydrogen-bond donors (Lipinski definition) is 1. The van der Waals surface area contributed by atoms with Crippen molar-refractivity contribution < 1.29 is 9.72 Å². The van der Waals surface area contributed by atoms with Crippen molar-refractivity contribution in [2.75, 3.05) is 0 Å². The Kier molecular flexibility index (Phi) is 5.25. The Morgan fingerprint density at radius 3 is 2.43 bits per heavy atom. The molecule has 2 rings (SSSR count). The molecule has 0 saturated heterocycles. The van der Waals surface area contributed by atoms with E-state index in [0.717, 1.165) is 16.7 Å². The third-order valence-corrected chi connectivity index (χ3v) is 3.54. The van der Waals surface area contributed by atoms with Gasteiger partial charge in [0.25, 0.3) is 5.69 Å². The first-order valence-corrected chi connectivity index (χ1v) is 7.26. The summed E-state index contributed by atoms with van der Waals surface area (Å²) < 4.78 is 0. The molecule has 0 spiro atoms. The van der Waals surface area contributed by atoms with E-state index < -0.39 is 4.92 Å². The predicted octanol–water partition coefficient (Wildman–Crippen LogP) is 3.79. The van der Waals surface area contributed by atoms with Crippen molar-refractivity contribution in [3.05, 3.63) is 81.4 Å². The number of hydrogen-bond acceptors (Lipinski definition) is 3. The van der Waals surface area contributed by atoms with Crippen LogP contribution in [0.3, 0.4) is 0 Å². The van der Waals surface area contributed by atoms with Crippen LogP contribution in [0.4, 0.5) is 5.69 Å². The van der Waals surface area contributed by atoms with Crippen molar-refractivity contribution >= 4 is 17.7 Å². The van der Waals surface area contributed by atoms with Crippen molar-refractivity contribution in [3.8, 4) is 0 Å². The number of carbonyl (C=O) groups is 1. The van der Waals surface area contributed by atoms with Crippen LogP contribution in [0.1, 0.15) is 29.7 Å². The molecule has 0 aromatic heterocycles. The summed E-state index contributed by atoms with van der Waals surface area (Å²) in [5.74, 6) is -0.209. The number of aryl methyl sites for hydroxylation is 1. The zero-order valence-corrected chi connectivity index (χ0v) is 13.0. The van der Waals surface area contributed by atoms with E-state index >= 15 is 0 Å². The zero-order chi connectivity index (χ0) is 16.8.